The van der Waals surface area contributed by atoms with Crippen LogP contribution in [0.1, 0.15) is 32.6 Å². The largest absolute Gasteiger partial charge is 0.366 e. The van der Waals surface area contributed by atoms with E-state index in [9.17, 15) is 4.39 Å². The van der Waals surface area contributed by atoms with Crippen molar-refractivity contribution in [3.63, 3.8) is 0 Å². The molecule has 3 aromatic rings. The Bertz CT molecular complexity index is 933. The first-order chi connectivity index (χ1) is 13.7. The number of nitrogens with one attached hydrogen (secondary N) is 4. The van der Waals surface area contributed by atoms with Gasteiger partial charge in [-0.3, -0.25) is 0 Å². The van der Waals surface area contributed by atoms with Gasteiger partial charge < -0.3 is 20.9 Å². The first-order valence-corrected chi connectivity index (χ1v) is 9.96. The van der Waals surface area contributed by atoms with E-state index in [4.69, 9.17) is 4.98 Å². The molecule has 1 fully saturated rings. The minimum atomic E-state index is -0.289. The lowest BCUT2D eigenvalue weighted by Gasteiger charge is -2.25. The van der Waals surface area contributed by atoms with Crippen LogP contribution in [0.5, 0.6) is 0 Å². The van der Waals surface area contributed by atoms with Crippen LogP contribution in [0.3, 0.4) is 0 Å². The summed E-state index contributed by atoms with van der Waals surface area (Å²) in [5.41, 5.74) is 2.17. The minimum Gasteiger partial charge on any atom is -0.366 e. The third-order valence-corrected chi connectivity index (χ3v) is 4.98. The molecule has 2 aromatic heterocycles. The highest BCUT2D eigenvalue weighted by atomic mass is 19.1. The number of aromatic amines is 1. The molecule has 0 saturated carbocycles. The fourth-order valence-electron chi connectivity index (χ4n) is 3.40. The molecular formula is C20H26FN7. The number of anilines is 2. The maximum atomic E-state index is 13.5. The Kier molecular flexibility index (Phi) is 5.66. The molecule has 0 bridgehead atoms. The number of imidazole rings is 1. The molecule has 0 radical (unpaired) electrons. The number of piperidine rings is 1. The summed E-state index contributed by atoms with van der Waals surface area (Å²) in [4.78, 5) is 17.0. The Balaban J connectivity index is 1.66. The van der Waals surface area contributed by atoms with E-state index in [1.807, 2.05) is 0 Å². The van der Waals surface area contributed by atoms with Gasteiger partial charge >= 0.3 is 0 Å². The SMILES string of the molecule is CCCCNc1ncc(-c2nc3ccc(F)cc3[nH]2)c(NC2CCNCC2)n1. The molecule has 0 spiro atoms. The van der Waals surface area contributed by atoms with Crippen molar-refractivity contribution in [2.75, 3.05) is 30.3 Å². The Morgan fingerprint density at radius 1 is 1.21 bits per heavy atom. The zero-order chi connectivity index (χ0) is 19.3. The lowest BCUT2D eigenvalue weighted by Crippen LogP contribution is -2.35. The topological polar surface area (TPSA) is 90.5 Å². The number of hydrogen-bond acceptors (Lipinski definition) is 6. The molecule has 0 atom stereocenters. The van der Waals surface area contributed by atoms with Crippen LogP contribution in [0.4, 0.5) is 16.2 Å². The average molecular weight is 383 g/mol. The van der Waals surface area contributed by atoms with Gasteiger partial charge in [0, 0.05) is 18.8 Å². The van der Waals surface area contributed by atoms with Gasteiger partial charge in [-0.2, -0.15) is 4.98 Å². The van der Waals surface area contributed by atoms with Crippen molar-refractivity contribution >= 4 is 22.8 Å². The number of aromatic nitrogens is 4. The van der Waals surface area contributed by atoms with Crippen LogP contribution in [0, 0.1) is 5.82 Å². The molecule has 0 unspecified atom stereocenters. The highest BCUT2D eigenvalue weighted by molar-refractivity contribution is 5.82. The van der Waals surface area contributed by atoms with Gasteiger partial charge in [-0.05, 0) is 50.6 Å². The van der Waals surface area contributed by atoms with E-state index in [1.165, 1.54) is 12.1 Å². The Labute approximate surface area is 163 Å². The summed E-state index contributed by atoms with van der Waals surface area (Å²) in [6, 6.07) is 4.89. The molecule has 7 nitrogen and oxygen atoms in total. The van der Waals surface area contributed by atoms with Gasteiger partial charge in [-0.1, -0.05) is 13.3 Å². The number of H-pyrrole nitrogens is 1. The average Bonchev–Trinajstić information content (AvgIpc) is 3.12. The van der Waals surface area contributed by atoms with Crippen molar-refractivity contribution in [1.29, 1.82) is 0 Å². The summed E-state index contributed by atoms with van der Waals surface area (Å²) in [5, 5.41) is 10.2. The van der Waals surface area contributed by atoms with Crippen molar-refractivity contribution in [1.82, 2.24) is 25.3 Å². The fraction of sp³-hybridized carbons (Fsp3) is 0.450. The van der Waals surface area contributed by atoms with Gasteiger partial charge in [0.2, 0.25) is 5.95 Å². The van der Waals surface area contributed by atoms with E-state index < -0.39 is 0 Å². The molecular weight excluding hydrogens is 357 g/mol. The molecule has 0 amide bonds. The zero-order valence-corrected chi connectivity index (χ0v) is 16.1. The van der Waals surface area contributed by atoms with Crippen molar-refractivity contribution < 1.29 is 4.39 Å². The van der Waals surface area contributed by atoms with Crippen LogP contribution in [-0.4, -0.2) is 45.6 Å². The number of rotatable bonds is 7. The van der Waals surface area contributed by atoms with Crippen molar-refractivity contribution in [2.24, 2.45) is 0 Å². The predicted molar refractivity (Wildman–Crippen MR) is 110 cm³/mol. The van der Waals surface area contributed by atoms with Crippen LogP contribution in [0.15, 0.2) is 24.4 Å². The number of halogens is 1. The van der Waals surface area contributed by atoms with E-state index in [0.717, 1.165) is 62.2 Å². The molecule has 4 rings (SSSR count). The first-order valence-electron chi connectivity index (χ1n) is 9.96. The van der Waals surface area contributed by atoms with Gasteiger partial charge in [0.25, 0.3) is 0 Å². The summed E-state index contributed by atoms with van der Waals surface area (Å²) < 4.78 is 13.5. The van der Waals surface area contributed by atoms with E-state index >= 15 is 0 Å². The molecule has 1 aliphatic heterocycles. The van der Waals surface area contributed by atoms with Crippen LogP contribution in [0.2, 0.25) is 0 Å². The van der Waals surface area contributed by atoms with E-state index in [0.29, 0.717) is 23.3 Å². The third kappa shape index (κ3) is 4.22. The maximum Gasteiger partial charge on any atom is 0.224 e. The smallest absolute Gasteiger partial charge is 0.224 e. The number of fused-ring (bicyclic) bond motifs is 1. The Morgan fingerprint density at radius 3 is 2.89 bits per heavy atom. The van der Waals surface area contributed by atoms with Crippen molar-refractivity contribution in [2.45, 2.75) is 38.6 Å². The second-order valence-electron chi connectivity index (χ2n) is 7.15. The third-order valence-electron chi connectivity index (χ3n) is 4.98. The van der Waals surface area contributed by atoms with Crippen LogP contribution in [-0.2, 0) is 0 Å². The normalized spacial score (nSPS) is 15.1. The molecule has 8 heteroatoms. The number of unbranched alkanes of at least 4 members (excludes halogenated alkanes) is 1. The molecule has 4 N–H and O–H groups in total. The summed E-state index contributed by atoms with van der Waals surface area (Å²) in [6.07, 6.45) is 6.03. The summed E-state index contributed by atoms with van der Waals surface area (Å²) in [6.45, 7) is 4.97. The lowest BCUT2D eigenvalue weighted by molar-refractivity contribution is 0.478. The molecule has 148 valence electrons. The standard InChI is InChI=1S/C20H26FN7/c1-2-3-8-23-20-24-12-15(18(28-20)25-14-6-9-22-10-7-14)19-26-16-5-4-13(21)11-17(16)27-19/h4-5,11-12,14,22H,2-3,6-10H2,1H3,(H,26,27)(H2,23,24,25,28). The van der Waals surface area contributed by atoms with Crippen LogP contribution >= 0.6 is 0 Å². The van der Waals surface area contributed by atoms with Crippen molar-refractivity contribution in [3.05, 3.63) is 30.2 Å². The monoisotopic (exact) mass is 383 g/mol. The van der Waals surface area contributed by atoms with Gasteiger partial charge in [0.05, 0.1) is 16.6 Å². The molecule has 0 aliphatic carbocycles. The fourth-order valence-corrected chi connectivity index (χ4v) is 3.40. The van der Waals surface area contributed by atoms with Gasteiger partial charge in [-0.15, -0.1) is 0 Å². The number of nitrogens with zero attached hydrogens (tertiary/aromatic N) is 3. The van der Waals surface area contributed by atoms with Gasteiger partial charge in [0.1, 0.15) is 17.5 Å². The highest BCUT2D eigenvalue weighted by Gasteiger charge is 2.18. The quantitative estimate of drug-likeness (QED) is 0.467. The summed E-state index contributed by atoms with van der Waals surface area (Å²) in [7, 11) is 0. The first kappa shape index (κ1) is 18.6. The number of benzene rings is 1. The van der Waals surface area contributed by atoms with Gasteiger partial charge in [-0.25, -0.2) is 14.4 Å². The molecule has 1 aromatic carbocycles. The van der Waals surface area contributed by atoms with E-state index in [1.54, 1.807) is 12.3 Å². The highest BCUT2D eigenvalue weighted by Crippen LogP contribution is 2.28. The van der Waals surface area contributed by atoms with Crippen LogP contribution in [0.25, 0.3) is 22.4 Å². The van der Waals surface area contributed by atoms with Crippen LogP contribution < -0.4 is 16.0 Å². The zero-order valence-electron chi connectivity index (χ0n) is 16.1. The second-order valence-corrected chi connectivity index (χ2v) is 7.15. The summed E-state index contributed by atoms with van der Waals surface area (Å²) in [5.74, 6) is 1.70. The second kappa shape index (κ2) is 8.52. The number of hydrogen-bond donors (Lipinski definition) is 4. The lowest BCUT2D eigenvalue weighted by atomic mass is 10.1. The van der Waals surface area contributed by atoms with Crippen molar-refractivity contribution in [3.8, 4) is 11.4 Å². The molecule has 1 aliphatic rings. The molecule has 28 heavy (non-hydrogen) atoms. The molecule has 3 heterocycles. The molecule has 1 saturated heterocycles. The summed E-state index contributed by atoms with van der Waals surface area (Å²) >= 11 is 0. The predicted octanol–water partition coefficient (Wildman–Crippen LogP) is 3.53. The maximum absolute atomic E-state index is 13.5. The van der Waals surface area contributed by atoms with E-state index in [-0.39, 0.29) is 5.82 Å². The minimum absolute atomic E-state index is 0.289. The van der Waals surface area contributed by atoms with Gasteiger partial charge in [0.15, 0.2) is 0 Å². The Morgan fingerprint density at radius 2 is 2.07 bits per heavy atom. The Hall–Kier alpha value is -2.74. The van der Waals surface area contributed by atoms with E-state index in [2.05, 4.69) is 37.8 Å².